The maximum atomic E-state index is 4.10. The molecule has 0 unspecified atom stereocenters. The Bertz CT molecular complexity index is 170. The van der Waals surface area contributed by atoms with Crippen LogP contribution in [-0.4, -0.2) is 9.78 Å². The topological polar surface area (TPSA) is 17.8 Å². The molecule has 0 aromatic carbocycles. The Morgan fingerprint density at radius 2 is 1.73 bits per heavy atom. The van der Waals surface area contributed by atoms with E-state index in [2.05, 4.69) is 25.9 Å². The zero-order chi connectivity index (χ0) is 8.91. The van der Waals surface area contributed by atoms with Crippen LogP contribution in [-0.2, 0) is 5.54 Å². The minimum Gasteiger partial charge on any atom is -0.268 e. The highest BCUT2D eigenvalue weighted by molar-refractivity contribution is 4.83. The van der Waals surface area contributed by atoms with Crippen molar-refractivity contribution in [2.75, 3.05) is 0 Å². The molecule has 0 aliphatic rings. The van der Waals surface area contributed by atoms with Gasteiger partial charge in [0.25, 0.3) is 0 Å². The summed E-state index contributed by atoms with van der Waals surface area (Å²) in [6, 6.07) is 1.94. The van der Waals surface area contributed by atoms with Crippen LogP contribution in [0.3, 0.4) is 0 Å². The third kappa shape index (κ3) is 3.21. The lowest BCUT2D eigenvalue weighted by molar-refractivity contribution is 0.355. The molecule has 0 saturated carbocycles. The lowest BCUT2D eigenvalue weighted by atomic mass is 10.1. The first-order valence-corrected chi connectivity index (χ1v) is 4.11. The maximum Gasteiger partial charge on any atom is 0.0543 e. The molecule has 2 heteroatoms. The van der Waals surface area contributed by atoms with Crippen LogP contribution < -0.4 is 0 Å². The van der Waals surface area contributed by atoms with E-state index in [1.165, 1.54) is 0 Å². The smallest absolute Gasteiger partial charge is 0.0543 e. The Morgan fingerprint density at radius 3 is 1.91 bits per heavy atom. The zero-order valence-electron chi connectivity index (χ0n) is 8.13. The van der Waals surface area contributed by atoms with Crippen LogP contribution in [0.4, 0.5) is 0 Å². The van der Waals surface area contributed by atoms with Crippen LogP contribution in [0.15, 0.2) is 18.5 Å². The maximum absolute atomic E-state index is 4.10. The highest BCUT2D eigenvalue weighted by Gasteiger charge is 2.10. The van der Waals surface area contributed by atoms with Gasteiger partial charge in [0, 0.05) is 12.4 Å². The molecule has 0 aliphatic heterocycles. The predicted octanol–water partition coefficient (Wildman–Crippen LogP) is 2.66. The van der Waals surface area contributed by atoms with E-state index < -0.39 is 0 Å². The lowest BCUT2D eigenvalue weighted by Crippen LogP contribution is -2.21. The summed E-state index contributed by atoms with van der Waals surface area (Å²) >= 11 is 0. The van der Waals surface area contributed by atoms with Crippen LogP contribution >= 0.6 is 0 Å². The molecule has 0 N–H and O–H groups in total. The standard InChI is InChI=1S/C7H12N2.C2H6/c1-7(2,3)9-6-4-5-8-9;1-2/h4-6H,1-3H3;1-2H3. The second-order valence-corrected chi connectivity index (χ2v) is 3.12. The van der Waals surface area contributed by atoms with Gasteiger partial charge in [-0.15, -0.1) is 0 Å². The van der Waals surface area contributed by atoms with Crippen LogP contribution in [0.25, 0.3) is 0 Å². The van der Waals surface area contributed by atoms with Crippen molar-refractivity contribution in [1.82, 2.24) is 9.78 Å². The van der Waals surface area contributed by atoms with Crippen LogP contribution in [0.2, 0.25) is 0 Å². The van der Waals surface area contributed by atoms with Crippen molar-refractivity contribution >= 4 is 0 Å². The molecule has 1 heterocycles. The molecule has 0 atom stereocenters. The predicted molar refractivity (Wildman–Crippen MR) is 48.6 cm³/mol. The fourth-order valence-corrected chi connectivity index (χ4v) is 0.666. The number of aromatic nitrogens is 2. The zero-order valence-corrected chi connectivity index (χ0v) is 8.13. The molecule has 0 spiro atoms. The monoisotopic (exact) mass is 154 g/mol. The molecule has 2 nitrogen and oxygen atoms in total. The molecule has 0 radical (unpaired) electrons. The fourth-order valence-electron chi connectivity index (χ4n) is 0.666. The molecule has 0 amide bonds. The Labute approximate surface area is 69.2 Å². The summed E-state index contributed by atoms with van der Waals surface area (Å²) in [6.07, 6.45) is 3.77. The van der Waals surface area contributed by atoms with E-state index in [4.69, 9.17) is 0 Å². The Hall–Kier alpha value is -0.790. The third-order valence-electron chi connectivity index (χ3n) is 1.19. The van der Waals surface area contributed by atoms with Crippen molar-refractivity contribution in [3.05, 3.63) is 18.5 Å². The average Bonchev–Trinajstić information content (AvgIpc) is 2.40. The van der Waals surface area contributed by atoms with Crippen molar-refractivity contribution in [2.45, 2.75) is 40.2 Å². The van der Waals surface area contributed by atoms with Gasteiger partial charge in [0.05, 0.1) is 5.54 Å². The van der Waals surface area contributed by atoms with Crippen LogP contribution in [0.1, 0.15) is 34.6 Å². The van der Waals surface area contributed by atoms with Gasteiger partial charge in [0.2, 0.25) is 0 Å². The van der Waals surface area contributed by atoms with E-state index in [0.29, 0.717) is 0 Å². The molecule has 0 aliphatic carbocycles. The molecular formula is C9H18N2. The van der Waals surface area contributed by atoms with Crippen molar-refractivity contribution < 1.29 is 0 Å². The van der Waals surface area contributed by atoms with Gasteiger partial charge >= 0.3 is 0 Å². The first-order valence-electron chi connectivity index (χ1n) is 4.11. The summed E-state index contributed by atoms with van der Waals surface area (Å²) in [6.45, 7) is 10.4. The molecule has 0 fully saturated rings. The SMILES string of the molecule is CC.CC(C)(C)n1cccn1. The highest BCUT2D eigenvalue weighted by Crippen LogP contribution is 2.09. The van der Waals surface area contributed by atoms with Crippen LogP contribution in [0.5, 0.6) is 0 Å². The Balaban J connectivity index is 0.000000461. The first-order chi connectivity index (χ1) is 5.11. The van der Waals surface area contributed by atoms with Gasteiger partial charge in [-0.05, 0) is 26.8 Å². The number of hydrogen-bond donors (Lipinski definition) is 0. The number of rotatable bonds is 0. The van der Waals surface area contributed by atoms with Gasteiger partial charge in [0.15, 0.2) is 0 Å². The highest BCUT2D eigenvalue weighted by atomic mass is 15.3. The summed E-state index contributed by atoms with van der Waals surface area (Å²) in [7, 11) is 0. The van der Waals surface area contributed by atoms with Crippen LogP contribution in [0, 0.1) is 0 Å². The van der Waals surface area contributed by atoms with E-state index in [1.807, 2.05) is 30.8 Å². The van der Waals surface area contributed by atoms with Crippen molar-refractivity contribution in [2.24, 2.45) is 0 Å². The third-order valence-corrected chi connectivity index (χ3v) is 1.19. The molecule has 1 aromatic rings. The molecule has 0 bridgehead atoms. The minimum atomic E-state index is 0.128. The largest absolute Gasteiger partial charge is 0.268 e. The average molecular weight is 154 g/mol. The molecule has 1 aromatic heterocycles. The van der Waals surface area contributed by atoms with Crippen molar-refractivity contribution in [3.8, 4) is 0 Å². The summed E-state index contributed by atoms with van der Waals surface area (Å²) in [5, 5.41) is 4.10. The van der Waals surface area contributed by atoms with Gasteiger partial charge in [-0.25, -0.2) is 0 Å². The van der Waals surface area contributed by atoms with Crippen molar-refractivity contribution in [3.63, 3.8) is 0 Å². The quantitative estimate of drug-likeness (QED) is 0.561. The molecule has 1 rings (SSSR count). The lowest BCUT2D eigenvalue weighted by Gasteiger charge is -2.18. The van der Waals surface area contributed by atoms with Gasteiger partial charge in [-0.1, -0.05) is 13.8 Å². The summed E-state index contributed by atoms with van der Waals surface area (Å²) in [4.78, 5) is 0. The van der Waals surface area contributed by atoms with Gasteiger partial charge in [-0.3, -0.25) is 4.68 Å². The molecule has 11 heavy (non-hydrogen) atoms. The van der Waals surface area contributed by atoms with E-state index >= 15 is 0 Å². The second-order valence-electron chi connectivity index (χ2n) is 3.12. The van der Waals surface area contributed by atoms with E-state index in [0.717, 1.165) is 0 Å². The minimum absolute atomic E-state index is 0.128. The molecule has 0 saturated heterocycles. The first kappa shape index (κ1) is 10.2. The van der Waals surface area contributed by atoms with E-state index in [9.17, 15) is 0 Å². The summed E-state index contributed by atoms with van der Waals surface area (Å²) in [5.41, 5.74) is 0.128. The van der Waals surface area contributed by atoms with Crippen molar-refractivity contribution in [1.29, 1.82) is 0 Å². The Morgan fingerprint density at radius 1 is 1.18 bits per heavy atom. The fraction of sp³-hybridized carbons (Fsp3) is 0.667. The molecular weight excluding hydrogens is 136 g/mol. The van der Waals surface area contributed by atoms with E-state index in [-0.39, 0.29) is 5.54 Å². The second kappa shape index (κ2) is 4.16. The Kier molecular flexibility index (Phi) is 3.86. The summed E-state index contributed by atoms with van der Waals surface area (Å²) < 4.78 is 1.94. The summed E-state index contributed by atoms with van der Waals surface area (Å²) in [5.74, 6) is 0. The normalized spacial score (nSPS) is 10.3. The van der Waals surface area contributed by atoms with Gasteiger partial charge < -0.3 is 0 Å². The number of nitrogens with zero attached hydrogens (tertiary/aromatic N) is 2. The van der Waals surface area contributed by atoms with Gasteiger partial charge in [-0.2, -0.15) is 5.10 Å². The van der Waals surface area contributed by atoms with E-state index in [1.54, 1.807) is 6.20 Å². The molecule has 64 valence electrons. The number of hydrogen-bond acceptors (Lipinski definition) is 1. The van der Waals surface area contributed by atoms with Gasteiger partial charge in [0.1, 0.15) is 0 Å².